The van der Waals surface area contributed by atoms with E-state index in [0.29, 0.717) is 33.9 Å². The van der Waals surface area contributed by atoms with E-state index in [4.69, 9.17) is 21.7 Å². The SMILES string of the molecule is O=C1NC(=S)S/C1=C/c1ccc(OCCOc2ccc([N+](=O)[O-])cc2)cc1. The molecule has 0 atom stereocenters. The smallest absolute Gasteiger partial charge is 0.269 e. The fraction of sp³-hybridized carbons (Fsp3) is 0.111. The number of thioether (sulfide) groups is 1. The minimum Gasteiger partial charge on any atom is -0.490 e. The van der Waals surface area contributed by atoms with Gasteiger partial charge in [-0.2, -0.15) is 0 Å². The van der Waals surface area contributed by atoms with E-state index in [1.807, 2.05) is 12.1 Å². The van der Waals surface area contributed by atoms with Gasteiger partial charge in [0.25, 0.3) is 11.6 Å². The Balaban J connectivity index is 1.46. The summed E-state index contributed by atoms with van der Waals surface area (Å²) in [4.78, 5) is 22.3. The zero-order valence-corrected chi connectivity index (χ0v) is 15.5. The van der Waals surface area contributed by atoms with E-state index in [0.717, 1.165) is 5.56 Å². The van der Waals surface area contributed by atoms with Crippen LogP contribution < -0.4 is 14.8 Å². The average Bonchev–Trinajstić information content (AvgIpc) is 2.97. The van der Waals surface area contributed by atoms with Crippen LogP contribution in [0.25, 0.3) is 6.08 Å². The van der Waals surface area contributed by atoms with Crippen LogP contribution in [0.1, 0.15) is 5.56 Å². The second-order valence-corrected chi connectivity index (χ2v) is 7.09. The lowest BCUT2D eigenvalue weighted by Gasteiger charge is -2.08. The quantitative estimate of drug-likeness (QED) is 0.249. The van der Waals surface area contributed by atoms with Crippen molar-refractivity contribution < 1.29 is 19.2 Å². The standard InChI is InChI=1S/C18H14N2O5S2/c21-17-16(27-18(26)19-17)11-12-1-5-14(6-2-12)24-9-10-25-15-7-3-13(4-8-15)20(22)23/h1-8,11H,9-10H2,(H,19,21,26)/b16-11+. The lowest BCUT2D eigenvalue weighted by Crippen LogP contribution is -2.17. The van der Waals surface area contributed by atoms with Crippen LogP contribution in [0.4, 0.5) is 5.69 Å². The van der Waals surface area contributed by atoms with Crippen LogP contribution in [0.5, 0.6) is 11.5 Å². The van der Waals surface area contributed by atoms with Crippen LogP contribution in [0.15, 0.2) is 53.4 Å². The number of nitrogens with one attached hydrogen (secondary N) is 1. The number of nitro benzene ring substituents is 1. The van der Waals surface area contributed by atoms with Gasteiger partial charge in [-0.1, -0.05) is 36.1 Å². The molecule has 9 heteroatoms. The van der Waals surface area contributed by atoms with Crippen LogP contribution in [-0.4, -0.2) is 28.4 Å². The molecule has 0 aromatic heterocycles. The predicted octanol–water partition coefficient (Wildman–Crippen LogP) is 3.54. The maximum atomic E-state index is 11.6. The number of non-ortho nitro benzene ring substituents is 1. The summed E-state index contributed by atoms with van der Waals surface area (Å²) in [6.45, 7) is 0.627. The van der Waals surface area contributed by atoms with Crippen LogP contribution in [0.2, 0.25) is 0 Å². The third-order valence-corrected chi connectivity index (χ3v) is 4.65. The van der Waals surface area contributed by atoms with Crippen molar-refractivity contribution in [3.63, 3.8) is 0 Å². The molecule has 2 aromatic rings. The number of nitro groups is 1. The molecular weight excluding hydrogens is 388 g/mol. The largest absolute Gasteiger partial charge is 0.490 e. The first-order chi connectivity index (χ1) is 13.0. The summed E-state index contributed by atoms with van der Waals surface area (Å²) in [5.41, 5.74) is 0.885. The van der Waals surface area contributed by atoms with Crippen LogP contribution in [0.3, 0.4) is 0 Å². The van der Waals surface area contributed by atoms with E-state index in [2.05, 4.69) is 5.32 Å². The van der Waals surface area contributed by atoms with E-state index in [-0.39, 0.29) is 11.6 Å². The van der Waals surface area contributed by atoms with E-state index < -0.39 is 4.92 Å². The zero-order chi connectivity index (χ0) is 19.2. The number of carbonyl (C=O) groups is 1. The molecule has 1 amide bonds. The molecule has 0 unspecified atom stereocenters. The first-order valence-corrected chi connectivity index (χ1v) is 9.09. The molecule has 1 N–H and O–H groups in total. The summed E-state index contributed by atoms with van der Waals surface area (Å²) in [6.07, 6.45) is 1.76. The highest BCUT2D eigenvalue weighted by molar-refractivity contribution is 8.26. The van der Waals surface area contributed by atoms with Gasteiger partial charge in [0.05, 0.1) is 9.83 Å². The highest BCUT2D eigenvalue weighted by atomic mass is 32.2. The Morgan fingerprint density at radius 1 is 1.04 bits per heavy atom. The van der Waals surface area contributed by atoms with Crippen LogP contribution in [0, 0.1) is 10.1 Å². The van der Waals surface area contributed by atoms with Gasteiger partial charge in [0.15, 0.2) is 0 Å². The maximum Gasteiger partial charge on any atom is 0.269 e. The Kier molecular flexibility index (Phi) is 6.05. The van der Waals surface area contributed by atoms with Crippen LogP contribution in [-0.2, 0) is 4.79 Å². The summed E-state index contributed by atoms with van der Waals surface area (Å²) >= 11 is 6.19. The molecule has 1 heterocycles. The first-order valence-electron chi connectivity index (χ1n) is 7.86. The van der Waals surface area contributed by atoms with E-state index in [1.54, 1.807) is 30.3 Å². The Morgan fingerprint density at radius 3 is 2.07 bits per heavy atom. The highest BCUT2D eigenvalue weighted by Gasteiger charge is 2.21. The lowest BCUT2D eigenvalue weighted by molar-refractivity contribution is -0.384. The Morgan fingerprint density at radius 2 is 1.59 bits per heavy atom. The number of nitrogens with zero attached hydrogens (tertiary/aromatic N) is 1. The normalized spacial score (nSPS) is 14.9. The molecule has 3 rings (SSSR count). The number of hydrogen-bond acceptors (Lipinski definition) is 7. The molecule has 7 nitrogen and oxygen atoms in total. The molecule has 1 aliphatic rings. The summed E-state index contributed by atoms with van der Waals surface area (Å²) in [5.74, 6) is 1.02. The van der Waals surface area contributed by atoms with Crippen molar-refractivity contribution in [2.75, 3.05) is 13.2 Å². The fourth-order valence-electron chi connectivity index (χ4n) is 2.22. The molecule has 0 saturated carbocycles. The van der Waals surface area contributed by atoms with Gasteiger partial charge in [-0.05, 0) is 35.9 Å². The number of hydrogen-bond donors (Lipinski definition) is 1. The molecule has 0 spiro atoms. The lowest BCUT2D eigenvalue weighted by atomic mass is 10.2. The second kappa shape index (κ2) is 8.65. The number of ether oxygens (including phenoxy) is 2. The number of carbonyl (C=O) groups excluding carboxylic acids is 1. The van der Waals surface area contributed by atoms with E-state index >= 15 is 0 Å². The van der Waals surface area contributed by atoms with Crippen molar-refractivity contribution in [2.45, 2.75) is 0 Å². The molecular formula is C18H14N2O5S2. The molecule has 2 aromatic carbocycles. The molecule has 27 heavy (non-hydrogen) atoms. The van der Waals surface area contributed by atoms with Gasteiger partial charge in [-0.15, -0.1) is 0 Å². The third-order valence-electron chi connectivity index (χ3n) is 3.49. The minimum atomic E-state index is -0.460. The molecule has 0 radical (unpaired) electrons. The van der Waals surface area contributed by atoms with Gasteiger partial charge >= 0.3 is 0 Å². The number of benzene rings is 2. The third kappa shape index (κ3) is 5.28. The monoisotopic (exact) mass is 402 g/mol. The Bertz CT molecular complexity index is 895. The van der Waals surface area contributed by atoms with Gasteiger partial charge in [-0.3, -0.25) is 14.9 Å². The molecule has 0 bridgehead atoms. The Hall–Kier alpha value is -2.91. The van der Waals surface area contributed by atoms with Crippen molar-refractivity contribution in [3.05, 3.63) is 69.1 Å². The zero-order valence-electron chi connectivity index (χ0n) is 13.9. The topological polar surface area (TPSA) is 90.7 Å². The van der Waals surface area contributed by atoms with Crippen molar-refractivity contribution in [1.82, 2.24) is 5.32 Å². The molecule has 0 aliphatic carbocycles. The molecule has 1 fully saturated rings. The fourth-order valence-corrected chi connectivity index (χ4v) is 3.26. The summed E-state index contributed by atoms with van der Waals surface area (Å²) in [6, 6.07) is 13.1. The van der Waals surface area contributed by atoms with Gasteiger partial charge in [0.2, 0.25) is 0 Å². The number of rotatable bonds is 7. The van der Waals surface area contributed by atoms with Crippen molar-refractivity contribution in [3.8, 4) is 11.5 Å². The second-order valence-electron chi connectivity index (χ2n) is 5.37. The molecule has 1 saturated heterocycles. The van der Waals surface area contributed by atoms with Gasteiger partial charge in [0.1, 0.15) is 29.0 Å². The summed E-state index contributed by atoms with van der Waals surface area (Å²) in [5, 5.41) is 13.2. The number of thiocarbonyl (C=S) groups is 1. The van der Waals surface area contributed by atoms with Crippen molar-refractivity contribution in [2.24, 2.45) is 0 Å². The van der Waals surface area contributed by atoms with Gasteiger partial charge in [-0.25, -0.2) is 0 Å². The number of amides is 1. The van der Waals surface area contributed by atoms with Gasteiger partial charge < -0.3 is 14.8 Å². The average molecular weight is 402 g/mol. The van der Waals surface area contributed by atoms with Crippen LogP contribution >= 0.6 is 24.0 Å². The maximum absolute atomic E-state index is 11.6. The van der Waals surface area contributed by atoms with E-state index in [1.165, 1.54) is 23.9 Å². The first kappa shape index (κ1) is 18.9. The predicted molar refractivity (Wildman–Crippen MR) is 107 cm³/mol. The summed E-state index contributed by atoms with van der Waals surface area (Å²) < 4.78 is 11.5. The Labute approximate surface area is 164 Å². The minimum absolute atomic E-state index is 0.0176. The van der Waals surface area contributed by atoms with Crippen molar-refractivity contribution in [1.29, 1.82) is 0 Å². The van der Waals surface area contributed by atoms with Gasteiger partial charge in [0, 0.05) is 12.1 Å². The van der Waals surface area contributed by atoms with Crippen molar-refractivity contribution >= 4 is 46.0 Å². The molecule has 138 valence electrons. The van der Waals surface area contributed by atoms with E-state index in [9.17, 15) is 14.9 Å². The summed E-state index contributed by atoms with van der Waals surface area (Å²) in [7, 11) is 0. The molecule has 1 aliphatic heterocycles. The highest BCUT2D eigenvalue weighted by Crippen LogP contribution is 2.26.